The number of thioether (sulfide) groups is 3. The molecule has 1 aliphatic heterocycles. The average molecular weight is 224 g/mol. The van der Waals surface area contributed by atoms with Gasteiger partial charge in [0.25, 0.3) is 0 Å². The van der Waals surface area contributed by atoms with Crippen LogP contribution in [-0.2, 0) is 9.53 Å². The Kier molecular flexibility index (Phi) is 4.68. The number of carbonyl (C=O) groups is 1. The molecule has 0 unspecified atom stereocenters. The molecule has 0 bridgehead atoms. The van der Waals surface area contributed by atoms with E-state index in [0.717, 1.165) is 10.2 Å². The zero-order chi connectivity index (χ0) is 8.97. The molecule has 1 heterocycles. The quantitative estimate of drug-likeness (QED) is 0.671. The molecule has 12 heavy (non-hydrogen) atoms. The molecule has 1 saturated heterocycles. The third-order valence-corrected chi connectivity index (χ3v) is 5.38. The SMILES string of the molecule is CC(C)OC(=O)C1SCSCS1. The number of hydrogen-bond donors (Lipinski definition) is 0. The molecule has 0 aromatic heterocycles. The normalized spacial score (nSPS) is 19.6. The Morgan fingerprint density at radius 3 is 2.50 bits per heavy atom. The van der Waals surface area contributed by atoms with Crippen molar-refractivity contribution in [2.75, 3.05) is 10.2 Å². The summed E-state index contributed by atoms with van der Waals surface area (Å²) in [6.07, 6.45) is 0.00767. The lowest BCUT2D eigenvalue weighted by Gasteiger charge is -2.20. The van der Waals surface area contributed by atoms with Gasteiger partial charge in [0.05, 0.1) is 6.10 Å². The van der Waals surface area contributed by atoms with E-state index in [1.165, 1.54) is 0 Å². The Labute approximate surface area is 85.6 Å². The minimum absolute atomic E-state index is 0.00767. The molecule has 0 aromatic rings. The Morgan fingerprint density at radius 2 is 2.00 bits per heavy atom. The number of rotatable bonds is 2. The van der Waals surface area contributed by atoms with Gasteiger partial charge in [-0.05, 0) is 13.8 Å². The first-order chi connectivity index (χ1) is 5.70. The minimum atomic E-state index is -0.0692. The van der Waals surface area contributed by atoms with Crippen LogP contribution in [0.1, 0.15) is 13.8 Å². The summed E-state index contributed by atoms with van der Waals surface area (Å²) in [5, 5.41) is 2.01. The van der Waals surface area contributed by atoms with E-state index in [-0.39, 0.29) is 16.7 Å². The summed E-state index contributed by atoms with van der Waals surface area (Å²) in [5.41, 5.74) is 0. The zero-order valence-corrected chi connectivity index (χ0v) is 9.56. The molecule has 2 nitrogen and oxygen atoms in total. The fourth-order valence-corrected chi connectivity index (χ4v) is 5.14. The van der Waals surface area contributed by atoms with Gasteiger partial charge in [0.15, 0.2) is 0 Å². The van der Waals surface area contributed by atoms with Gasteiger partial charge in [0, 0.05) is 10.2 Å². The maximum atomic E-state index is 11.3. The van der Waals surface area contributed by atoms with E-state index in [2.05, 4.69) is 0 Å². The summed E-state index contributed by atoms with van der Waals surface area (Å²) < 4.78 is 5.11. The van der Waals surface area contributed by atoms with Crippen molar-refractivity contribution < 1.29 is 9.53 Å². The minimum Gasteiger partial charge on any atom is -0.462 e. The zero-order valence-electron chi connectivity index (χ0n) is 7.11. The topological polar surface area (TPSA) is 26.3 Å². The smallest absolute Gasteiger partial charge is 0.329 e. The van der Waals surface area contributed by atoms with Gasteiger partial charge < -0.3 is 4.74 Å². The Bertz CT molecular complexity index is 155. The first-order valence-electron chi connectivity index (χ1n) is 3.71. The van der Waals surface area contributed by atoms with Crippen molar-refractivity contribution in [3.8, 4) is 0 Å². The number of carbonyl (C=O) groups excluding carboxylic acids is 1. The molecule has 70 valence electrons. The van der Waals surface area contributed by atoms with Crippen LogP contribution < -0.4 is 0 Å². The van der Waals surface area contributed by atoms with Crippen molar-refractivity contribution in [2.24, 2.45) is 0 Å². The van der Waals surface area contributed by atoms with Crippen molar-refractivity contribution in [2.45, 2.75) is 24.5 Å². The van der Waals surface area contributed by atoms with Gasteiger partial charge in [-0.15, -0.1) is 35.3 Å². The van der Waals surface area contributed by atoms with E-state index in [1.807, 2.05) is 25.6 Å². The number of ether oxygens (including phenoxy) is 1. The summed E-state index contributed by atoms with van der Waals surface area (Å²) in [5.74, 6) is -0.0692. The van der Waals surface area contributed by atoms with Gasteiger partial charge in [0.1, 0.15) is 4.58 Å². The second-order valence-corrected chi connectivity index (χ2v) is 6.79. The van der Waals surface area contributed by atoms with Crippen LogP contribution in [0.2, 0.25) is 0 Å². The molecule has 0 amide bonds. The molecule has 0 atom stereocenters. The van der Waals surface area contributed by atoms with Gasteiger partial charge in [-0.1, -0.05) is 0 Å². The van der Waals surface area contributed by atoms with Crippen molar-refractivity contribution in [1.29, 1.82) is 0 Å². The molecule has 1 fully saturated rings. The first kappa shape index (κ1) is 10.6. The van der Waals surface area contributed by atoms with Gasteiger partial charge >= 0.3 is 5.97 Å². The fraction of sp³-hybridized carbons (Fsp3) is 0.857. The molecule has 0 N–H and O–H groups in total. The number of hydrogen-bond acceptors (Lipinski definition) is 5. The van der Waals surface area contributed by atoms with Crippen LogP contribution in [0.5, 0.6) is 0 Å². The molecule has 0 aromatic carbocycles. The van der Waals surface area contributed by atoms with Crippen LogP contribution in [0.4, 0.5) is 0 Å². The molecule has 0 aliphatic carbocycles. The third kappa shape index (κ3) is 3.49. The molecule has 1 rings (SSSR count). The summed E-state index contributed by atoms with van der Waals surface area (Å²) >= 11 is 5.18. The Balaban J connectivity index is 2.30. The van der Waals surface area contributed by atoms with Crippen LogP contribution >= 0.6 is 35.3 Å². The monoisotopic (exact) mass is 224 g/mol. The first-order valence-corrected chi connectivity index (χ1v) is 6.97. The van der Waals surface area contributed by atoms with Gasteiger partial charge in [0.2, 0.25) is 0 Å². The second-order valence-electron chi connectivity index (χ2n) is 2.59. The summed E-state index contributed by atoms with van der Waals surface area (Å²) in [4.78, 5) is 11.3. The second kappa shape index (κ2) is 5.29. The summed E-state index contributed by atoms with van der Waals surface area (Å²) in [6, 6.07) is 0. The average Bonchev–Trinajstić information content (AvgIpc) is 2.05. The fourth-order valence-electron chi connectivity index (χ4n) is 0.726. The van der Waals surface area contributed by atoms with Gasteiger partial charge in [-0.2, -0.15) is 0 Å². The van der Waals surface area contributed by atoms with Gasteiger partial charge in [-0.25, -0.2) is 4.79 Å². The van der Waals surface area contributed by atoms with E-state index in [4.69, 9.17) is 4.74 Å². The van der Waals surface area contributed by atoms with Crippen LogP contribution in [0.25, 0.3) is 0 Å². The van der Waals surface area contributed by atoms with E-state index in [0.29, 0.717) is 0 Å². The van der Waals surface area contributed by atoms with Crippen molar-refractivity contribution >= 4 is 41.3 Å². The lowest BCUT2D eigenvalue weighted by atomic mass is 10.5. The van der Waals surface area contributed by atoms with Crippen LogP contribution in [0, 0.1) is 0 Å². The molecule has 0 saturated carbocycles. The highest BCUT2D eigenvalue weighted by Gasteiger charge is 2.24. The standard InChI is InChI=1S/C7H12O2S3/c1-5(2)9-6(8)7-11-3-10-4-12-7/h5,7H,3-4H2,1-2H3. The molecular formula is C7H12O2S3. The van der Waals surface area contributed by atoms with E-state index >= 15 is 0 Å². The van der Waals surface area contributed by atoms with Crippen LogP contribution in [0.3, 0.4) is 0 Å². The predicted molar refractivity (Wildman–Crippen MR) is 57.5 cm³/mol. The highest BCUT2D eigenvalue weighted by atomic mass is 32.3. The summed E-state index contributed by atoms with van der Waals surface area (Å²) in [6.45, 7) is 3.76. The Morgan fingerprint density at radius 1 is 1.42 bits per heavy atom. The van der Waals surface area contributed by atoms with E-state index in [9.17, 15) is 4.79 Å². The van der Waals surface area contributed by atoms with E-state index < -0.39 is 0 Å². The molecule has 5 heteroatoms. The summed E-state index contributed by atoms with van der Waals surface area (Å²) in [7, 11) is 0. The lowest BCUT2D eigenvalue weighted by Crippen LogP contribution is -2.22. The lowest BCUT2D eigenvalue weighted by molar-refractivity contribution is -0.144. The maximum absolute atomic E-state index is 11.3. The highest BCUT2D eigenvalue weighted by molar-refractivity contribution is 8.33. The molecule has 0 spiro atoms. The Hall–Kier alpha value is 0.520. The molecular weight excluding hydrogens is 212 g/mol. The molecule has 1 aliphatic rings. The van der Waals surface area contributed by atoms with E-state index in [1.54, 1.807) is 23.5 Å². The largest absolute Gasteiger partial charge is 0.462 e. The van der Waals surface area contributed by atoms with Crippen molar-refractivity contribution in [3.63, 3.8) is 0 Å². The number of esters is 1. The highest BCUT2D eigenvalue weighted by Crippen LogP contribution is 2.36. The molecule has 0 radical (unpaired) electrons. The van der Waals surface area contributed by atoms with Crippen molar-refractivity contribution in [1.82, 2.24) is 0 Å². The predicted octanol–water partition coefficient (Wildman–Crippen LogP) is 2.39. The van der Waals surface area contributed by atoms with Crippen molar-refractivity contribution in [3.05, 3.63) is 0 Å². The van der Waals surface area contributed by atoms with Crippen LogP contribution in [0.15, 0.2) is 0 Å². The van der Waals surface area contributed by atoms with Gasteiger partial charge in [-0.3, -0.25) is 0 Å². The maximum Gasteiger partial charge on any atom is 0.329 e. The van der Waals surface area contributed by atoms with Crippen LogP contribution in [-0.4, -0.2) is 26.8 Å². The third-order valence-electron chi connectivity index (χ3n) is 1.15.